The summed E-state index contributed by atoms with van der Waals surface area (Å²) in [6, 6.07) is 0.176. The van der Waals surface area contributed by atoms with E-state index < -0.39 is 10.0 Å². The maximum absolute atomic E-state index is 11.6. The minimum atomic E-state index is -3.03. The monoisotopic (exact) mass is 301 g/mol. The van der Waals surface area contributed by atoms with E-state index >= 15 is 0 Å². The molecule has 20 heavy (non-hydrogen) atoms. The van der Waals surface area contributed by atoms with Crippen molar-refractivity contribution in [2.45, 2.75) is 38.6 Å². The molecule has 1 aliphatic carbocycles. The highest BCUT2D eigenvalue weighted by atomic mass is 32.2. The number of hydrogen-bond donors (Lipinski definition) is 2. The number of rotatable bonds is 5. The lowest BCUT2D eigenvalue weighted by Crippen LogP contribution is -2.61. The second kappa shape index (κ2) is 5.55. The van der Waals surface area contributed by atoms with Crippen LogP contribution in [-0.4, -0.2) is 57.8 Å². The summed E-state index contributed by atoms with van der Waals surface area (Å²) in [5.74, 6) is 1.05. The second-order valence-corrected chi connectivity index (χ2v) is 9.03. The average molecular weight is 301 g/mol. The van der Waals surface area contributed by atoms with E-state index in [2.05, 4.69) is 14.9 Å². The molecule has 0 aromatic rings. The lowest BCUT2D eigenvalue weighted by Gasteiger charge is -2.55. The van der Waals surface area contributed by atoms with Gasteiger partial charge in [-0.2, -0.15) is 0 Å². The number of likely N-dealkylation sites (tertiary alicyclic amines) is 1. The Morgan fingerprint density at radius 2 is 1.90 bits per heavy atom. The topological polar surface area (TPSA) is 61.4 Å². The lowest BCUT2D eigenvalue weighted by atomic mass is 9.67. The van der Waals surface area contributed by atoms with Gasteiger partial charge < -0.3 is 10.2 Å². The van der Waals surface area contributed by atoms with Gasteiger partial charge in [-0.3, -0.25) is 0 Å². The lowest BCUT2D eigenvalue weighted by molar-refractivity contribution is -0.0437. The van der Waals surface area contributed by atoms with Gasteiger partial charge in [0.2, 0.25) is 10.0 Å². The molecule has 0 amide bonds. The molecule has 0 unspecified atom stereocenters. The molecule has 6 heteroatoms. The van der Waals surface area contributed by atoms with Crippen molar-refractivity contribution in [1.82, 2.24) is 14.9 Å². The molecule has 2 aliphatic heterocycles. The Morgan fingerprint density at radius 1 is 1.25 bits per heavy atom. The highest BCUT2D eigenvalue weighted by Crippen LogP contribution is 2.44. The molecule has 1 spiro atoms. The first-order valence-corrected chi connectivity index (χ1v) is 9.59. The van der Waals surface area contributed by atoms with Gasteiger partial charge >= 0.3 is 0 Å². The van der Waals surface area contributed by atoms with Crippen molar-refractivity contribution in [3.05, 3.63) is 0 Å². The molecule has 0 aromatic heterocycles. The van der Waals surface area contributed by atoms with Crippen molar-refractivity contribution in [2.75, 3.05) is 38.5 Å². The van der Waals surface area contributed by atoms with E-state index in [0.717, 1.165) is 18.8 Å². The maximum Gasteiger partial charge on any atom is 0.211 e. The zero-order valence-corrected chi connectivity index (χ0v) is 13.2. The highest BCUT2D eigenvalue weighted by Gasteiger charge is 2.45. The Kier molecular flexibility index (Phi) is 4.10. The summed E-state index contributed by atoms with van der Waals surface area (Å²) in [5, 5.41) is 3.33. The molecule has 2 N–H and O–H groups in total. The van der Waals surface area contributed by atoms with Crippen molar-refractivity contribution in [3.8, 4) is 0 Å². The van der Waals surface area contributed by atoms with Crippen LogP contribution in [-0.2, 0) is 10.0 Å². The van der Waals surface area contributed by atoms with Crippen LogP contribution in [0.2, 0.25) is 0 Å². The molecule has 0 aromatic carbocycles. The van der Waals surface area contributed by atoms with E-state index in [0.29, 0.717) is 5.41 Å². The van der Waals surface area contributed by atoms with Gasteiger partial charge in [0.15, 0.2) is 0 Å². The summed E-state index contributed by atoms with van der Waals surface area (Å²) in [7, 11) is -3.03. The molecule has 2 heterocycles. The first-order chi connectivity index (χ1) is 9.50. The minimum absolute atomic E-state index is 0.176. The Hall–Kier alpha value is -0.170. The van der Waals surface area contributed by atoms with Crippen molar-refractivity contribution in [3.63, 3.8) is 0 Å². The molecule has 3 rings (SSSR count). The second-order valence-electron chi connectivity index (χ2n) is 6.99. The predicted octanol–water partition coefficient (Wildman–Crippen LogP) is 0.390. The van der Waals surface area contributed by atoms with Crippen LogP contribution in [0.3, 0.4) is 0 Å². The summed E-state index contributed by atoms with van der Waals surface area (Å²) in [4.78, 5) is 2.59. The molecule has 0 atom stereocenters. The van der Waals surface area contributed by atoms with Gasteiger partial charge in [0.05, 0.1) is 5.75 Å². The van der Waals surface area contributed by atoms with Gasteiger partial charge in [-0.25, -0.2) is 13.1 Å². The third kappa shape index (κ3) is 3.18. The molecule has 0 bridgehead atoms. The number of nitrogens with zero attached hydrogens (tertiary/aromatic N) is 1. The van der Waals surface area contributed by atoms with Crippen LogP contribution >= 0.6 is 0 Å². The van der Waals surface area contributed by atoms with Crippen LogP contribution < -0.4 is 10.0 Å². The summed E-state index contributed by atoms with van der Waals surface area (Å²) in [5.41, 5.74) is 0.505. The molecule has 2 saturated heterocycles. The normalized spacial score (nSPS) is 28.2. The zero-order chi connectivity index (χ0) is 14.2. The smallest absolute Gasteiger partial charge is 0.211 e. The minimum Gasteiger partial charge on any atom is -0.316 e. The fraction of sp³-hybridized carbons (Fsp3) is 1.00. The Balaban J connectivity index is 1.41. The summed E-state index contributed by atoms with van der Waals surface area (Å²) < 4.78 is 26.0. The van der Waals surface area contributed by atoms with E-state index in [1.54, 1.807) is 6.92 Å². The van der Waals surface area contributed by atoms with Crippen LogP contribution in [0.4, 0.5) is 0 Å². The standard InChI is InChI=1S/C14H27N3O2S/c1-2-20(18,19)16-13-3-5-14(6-4-13)10-17(11-14)9-12-7-15-8-12/h12-13,15-16H,2-11H2,1H3. The fourth-order valence-electron chi connectivity index (χ4n) is 3.88. The van der Waals surface area contributed by atoms with Crippen LogP contribution in [0.1, 0.15) is 32.6 Å². The third-order valence-electron chi connectivity index (χ3n) is 5.27. The van der Waals surface area contributed by atoms with Gasteiger partial charge in [-0.15, -0.1) is 0 Å². The quantitative estimate of drug-likeness (QED) is 0.771. The van der Waals surface area contributed by atoms with Crippen LogP contribution in [0.5, 0.6) is 0 Å². The van der Waals surface area contributed by atoms with Crippen LogP contribution in [0, 0.1) is 11.3 Å². The summed E-state index contributed by atoms with van der Waals surface area (Å²) >= 11 is 0. The van der Waals surface area contributed by atoms with Crippen LogP contribution in [0.25, 0.3) is 0 Å². The zero-order valence-electron chi connectivity index (χ0n) is 12.4. The highest BCUT2D eigenvalue weighted by molar-refractivity contribution is 7.89. The molecular formula is C14H27N3O2S. The fourth-order valence-corrected chi connectivity index (χ4v) is 4.79. The summed E-state index contributed by atoms with van der Waals surface area (Å²) in [6.07, 6.45) is 4.39. The van der Waals surface area contributed by atoms with Gasteiger partial charge in [0.1, 0.15) is 0 Å². The molecule has 116 valence electrons. The molecular weight excluding hydrogens is 274 g/mol. The van der Waals surface area contributed by atoms with E-state index in [9.17, 15) is 8.42 Å². The summed E-state index contributed by atoms with van der Waals surface area (Å²) in [6.45, 7) is 7.79. The molecule has 0 radical (unpaired) electrons. The van der Waals surface area contributed by atoms with Crippen LogP contribution in [0.15, 0.2) is 0 Å². The van der Waals surface area contributed by atoms with Gasteiger partial charge in [0, 0.05) is 38.8 Å². The number of sulfonamides is 1. The number of hydrogen-bond acceptors (Lipinski definition) is 4. The first kappa shape index (κ1) is 14.8. The average Bonchev–Trinajstić information content (AvgIpc) is 2.33. The van der Waals surface area contributed by atoms with Crippen molar-refractivity contribution in [1.29, 1.82) is 0 Å². The third-order valence-corrected chi connectivity index (χ3v) is 6.73. The van der Waals surface area contributed by atoms with E-state index in [1.807, 2.05) is 0 Å². The van der Waals surface area contributed by atoms with Crippen molar-refractivity contribution < 1.29 is 8.42 Å². The van der Waals surface area contributed by atoms with E-state index in [4.69, 9.17) is 0 Å². The Bertz CT molecular complexity index is 431. The predicted molar refractivity (Wildman–Crippen MR) is 80.1 cm³/mol. The largest absolute Gasteiger partial charge is 0.316 e. The SMILES string of the molecule is CCS(=O)(=O)NC1CCC2(CC1)CN(CC1CNC1)C2. The Labute approximate surface area is 122 Å². The molecule has 1 saturated carbocycles. The maximum atomic E-state index is 11.6. The van der Waals surface area contributed by atoms with Gasteiger partial charge in [0.25, 0.3) is 0 Å². The van der Waals surface area contributed by atoms with Crippen molar-refractivity contribution in [2.24, 2.45) is 11.3 Å². The van der Waals surface area contributed by atoms with E-state index in [-0.39, 0.29) is 11.8 Å². The molecule has 3 aliphatic rings. The molecule has 3 fully saturated rings. The molecule has 5 nitrogen and oxygen atoms in total. The first-order valence-electron chi connectivity index (χ1n) is 7.93. The van der Waals surface area contributed by atoms with Gasteiger partial charge in [-0.05, 0) is 43.9 Å². The van der Waals surface area contributed by atoms with Crippen molar-refractivity contribution >= 4 is 10.0 Å². The van der Waals surface area contributed by atoms with E-state index in [1.165, 1.54) is 45.6 Å². The number of nitrogens with one attached hydrogen (secondary N) is 2. The van der Waals surface area contributed by atoms with Gasteiger partial charge in [-0.1, -0.05) is 0 Å². The Morgan fingerprint density at radius 3 is 2.40 bits per heavy atom.